The van der Waals surface area contributed by atoms with E-state index in [4.69, 9.17) is 0 Å². The SMILES string of the molecule is CCNc1nc(-n2nnc3ccccc32)c(F)cc1F. The second kappa shape index (κ2) is 4.84. The van der Waals surface area contributed by atoms with Crippen molar-refractivity contribution in [1.29, 1.82) is 0 Å². The number of fused-ring (bicyclic) bond motifs is 1. The summed E-state index contributed by atoms with van der Waals surface area (Å²) in [5, 5.41) is 10.5. The highest BCUT2D eigenvalue weighted by Gasteiger charge is 2.16. The van der Waals surface area contributed by atoms with Gasteiger partial charge in [0.05, 0.1) is 5.52 Å². The molecule has 0 fully saturated rings. The molecule has 0 aliphatic rings. The quantitative estimate of drug-likeness (QED) is 0.798. The van der Waals surface area contributed by atoms with Crippen molar-refractivity contribution in [2.45, 2.75) is 6.92 Å². The van der Waals surface area contributed by atoms with Gasteiger partial charge in [0, 0.05) is 12.6 Å². The molecule has 3 rings (SSSR count). The topological polar surface area (TPSA) is 55.6 Å². The Kier molecular flexibility index (Phi) is 3.02. The van der Waals surface area contributed by atoms with E-state index in [0.717, 1.165) is 6.07 Å². The van der Waals surface area contributed by atoms with E-state index < -0.39 is 11.6 Å². The van der Waals surface area contributed by atoms with E-state index in [1.165, 1.54) is 4.68 Å². The highest BCUT2D eigenvalue weighted by molar-refractivity contribution is 5.75. The first-order valence-electron chi connectivity index (χ1n) is 6.11. The maximum Gasteiger partial charge on any atom is 0.194 e. The Morgan fingerprint density at radius 3 is 2.80 bits per heavy atom. The summed E-state index contributed by atoms with van der Waals surface area (Å²) in [6.07, 6.45) is 0. The number of benzene rings is 1. The molecule has 5 nitrogen and oxygen atoms in total. The van der Waals surface area contributed by atoms with Crippen molar-refractivity contribution in [1.82, 2.24) is 20.0 Å². The lowest BCUT2D eigenvalue weighted by molar-refractivity contribution is 0.562. The summed E-state index contributed by atoms with van der Waals surface area (Å²) in [5.74, 6) is -1.63. The maximum atomic E-state index is 13.9. The van der Waals surface area contributed by atoms with Crippen LogP contribution >= 0.6 is 0 Å². The molecule has 1 N–H and O–H groups in total. The van der Waals surface area contributed by atoms with Gasteiger partial charge in [0.25, 0.3) is 0 Å². The van der Waals surface area contributed by atoms with Crippen LogP contribution in [0.5, 0.6) is 0 Å². The van der Waals surface area contributed by atoms with Gasteiger partial charge in [-0.05, 0) is 19.1 Å². The molecule has 0 saturated carbocycles. The van der Waals surface area contributed by atoms with Gasteiger partial charge in [-0.2, -0.15) is 4.68 Å². The van der Waals surface area contributed by atoms with Crippen molar-refractivity contribution in [3.05, 3.63) is 42.0 Å². The Balaban J connectivity index is 2.21. The molecule has 1 aromatic carbocycles. The van der Waals surface area contributed by atoms with Crippen LogP contribution < -0.4 is 5.32 Å². The normalized spacial score (nSPS) is 10.9. The van der Waals surface area contributed by atoms with Crippen LogP contribution in [-0.4, -0.2) is 26.5 Å². The van der Waals surface area contributed by atoms with Gasteiger partial charge in [-0.3, -0.25) is 0 Å². The van der Waals surface area contributed by atoms with Crippen LogP contribution in [-0.2, 0) is 0 Å². The van der Waals surface area contributed by atoms with Crippen molar-refractivity contribution >= 4 is 16.9 Å². The average Bonchev–Trinajstić information content (AvgIpc) is 2.86. The number of para-hydroxylation sites is 1. The summed E-state index contributed by atoms with van der Waals surface area (Å²) < 4.78 is 28.8. The monoisotopic (exact) mass is 275 g/mol. The fourth-order valence-corrected chi connectivity index (χ4v) is 1.92. The van der Waals surface area contributed by atoms with Gasteiger partial charge >= 0.3 is 0 Å². The van der Waals surface area contributed by atoms with Crippen molar-refractivity contribution in [3.63, 3.8) is 0 Å². The molecular weight excluding hydrogens is 264 g/mol. The minimum absolute atomic E-state index is 0.0107. The van der Waals surface area contributed by atoms with E-state index in [1.807, 2.05) is 0 Å². The summed E-state index contributed by atoms with van der Waals surface area (Å²) in [4.78, 5) is 3.95. The second-order valence-electron chi connectivity index (χ2n) is 4.14. The summed E-state index contributed by atoms with van der Waals surface area (Å²) in [6, 6.07) is 7.88. The van der Waals surface area contributed by atoms with Crippen LogP contribution in [0.3, 0.4) is 0 Å². The first-order valence-corrected chi connectivity index (χ1v) is 6.11. The molecule has 0 atom stereocenters. The maximum absolute atomic E-state index is 13.9. The van der Waals surface area contributed by atoms with Gasteiger partial charge < -0.3 is 5.32 Å². The van der Waals surface area contributed by atoms with E-state index in [0.29, 0.717) is 17.6 Å². The van der Waals surface area contributed by atoms with E-state index in [1.54, 1.807) is 31.2 Å². The number of halogens is 2. The van der Waals surface area contributed by atoms with Gasteiger partial charge in [0.2, 0.25) is 0 Å². The summed E-state index contributed by atoms with van der Waals surface area (Å²) in [6.45, 7) is 2.28. The Bertz CT molecular complexity index is 769. The van der Waals surface area contributed by atoms with Gasteiger partial charge in [0.1, 0.15) is 5.52 Å². The number of anilines is 1. The summed E-state index contributed by atoms with van der Waals surface area (Å²) in [7, 11) is 0. The number of nitrogens with zero attached hydrogens (tertiary/aromatic N) is 4. The van der Waals surface area contributed by atoms with E-state index in [9.17, 15) is 8.78 Å². The summed E-state index contributed by atoms with van der Waals surface area (Å²) in [5.41, 5.74) is 1.22. The van der Waals surface area contributed by atoms with Gasteiger partial charge in [-0.1, -0.05) is 17.3 Å². The van der Waals surface area contributed by atoms with Crippen LogP contribution in [0.25, 0.3) is 16.9 Å². The molecule has 0 aliphatic heterocycles. The third kappa shape index (κ3) is 1.97. The standard InChI is InChI=1S/C13H11F2N5/c1-2-16-12-8(14)7-9(15)13(17-12)20-11-6-4-3-5-10(11)18-19-20/h3-7H,2H2,1H3,(H,16,17). The molecule has 0 spiro atoms. The second-order valence-corrected chi connectivity index (χ2v) is 4.14. The predicted octanol–water partition coefficient (Wildman–Crippen LogP) is 2.53. The predicted molar refractivity (Wildman–Crippen MR) is 70.7 cm³/mol. The fraction of sp³-hybridized carbons (Fsp3) is 0.154. The number of pyridine rings is 1. The van der Waals surface area contributed by atoms with Crippen LogP contribution in [0.2, 0.25) is 0 Å². The largest absolute Gasteiger partial charge is 0.368 e. The van der Waals surface area contributed by atoms with E-state index in [2.05, 4.69) is 20.6 Å². The molecule has 102 valence electrons. The Hall–Kier alpha value is -2.57. The minimum Gasteiger partial charge on any atom is -0.368 e. The van der Waals surface area contributed by atoms with Crippen molar-refractivity contribution in [2.24, 2.45) is 0 Å². The van der Waals surface area contributed by atoms with Gasteiger partial charge in [0.15, 0.2) is 23.3 Å². The number of rotatable bonds is 3. The number of hydrogen-bond acceptors (Lipinski definition) is 4. The minimum atomic E-state index is -0.792. The van der Waals surface area contributed by atoms with Crippen molar-refractivity contribution < 1.29 is 8.78 Å². The Morgan fingerprint density at radius 2 is 2.00 bits per heavy atom. The van der Waals surface area contributed by atoms with Crippen LogP contribution in [0.4, 0.5) is 14.6 Å². The molecule has 3 aromatic rings. The van der Waals surface area contributed by atoms with Crippen LogP contribution in [0.1, 0.15) is 6.92 Å². The molecule has 0 amide bonds. The van der Waals surface area contributed by atoms with Crippen molar-refractivity contribution in [3.8, 4) is 5.82 Å². The molecule has 20 heavy (non-hydrogen) atoms. The molecule has 0 radical (unpaired) electrons. The molecule has 2 aromatic heterocycles. The van der Waals surface area contributed by atoms with E-state index in [-0.39, 0.29) is 11.6 Å². The Morgan fingerprint density at radius 1 is 1.20 bits per heavy atom. The number of hydrogen-bond donors (Lipinski definition) is 1. The molecule has 0 aliphatic carbocycles. The highest BCUT2D eigenvalue weighted by Crippen LogP contribution is 2.21. The molecule has 0 bridgehead atoms. The number of aromatic nitrogens is 4. The summed E-state index contributed by atoms with van der Waals surface area (Å²) >= 11 is 0. The van der Waals surface area contributed by atoms with Gasteiger partial charge in [-0.25, -0.2) is 13.8 Å². The first kappa shape index (κ1) is 12.5. The smallest absolute Gasteiger partial charge is 0.194 e. The zero-order valence-corrected chi connectivity index (χ0v) is 10.6. The lowest BCUT2D eigenvalue weighted by atomic mass is 10.3. The van der Waals surface area contributed by atoms with E-state index >= 15 is 0 Å². The zero-order valence-electron chi connectivity index (χ0n) is 10.6. The first-order chi connectivity index (χ1) is 9.70. The third-order valence-corrected chi connectivity index (χ3v) is 2.81. The lowest BCUT2D eigenvalue weighted by Gasteiger charge is -2.08. The lowest BCUT2D eigenvalue weighted by Crippen LogP contribution is -2.09. The third-order valence-electron chi connectivity index (χ3n) is 2.81. The molecular formula is C13H11F2N5. The van der Waals surface area contributed by atoms with Crippen LogP contribution in [0, 0.1) is 11.6 Å². The number of nitrogens with one attached hydrogen (secondary N) is 1. The fourth-order valence-electron chi connectivity index (χ4n) is 1.92. The van der Waals surface area contributed by atoms with Gasteiger partial charge in [-0.15, -0.1) is 5.10 Å². The molecule has 0 saturated heterocycles. The molecule has 7 heteroatoms. The van der Waals surface area contributed by atoms with Crippen molar-refractivity contribution in [2.75, 3.05) is 11.9 Å². The highest BCUT2D eigenvalue weighted by atomic mass is 19.1. The zero-order chi connectivity index (χ0) is 14.1. The Labute approximate surface area is 113 Å². The molecule has 2 heterocycles. The molecule has 0 unspecified atom stereocenters. The average molecular weight is 275 g/mol. The van der Waals surface area contributed by atoms with Crippen LogP contribution in [0.15, 0.2) is 30.3 Å².